The summed E-state index contributed by atoms with van der Waals surface area (Å²) in [5.74, 6) is 0.952. The molecule has 42 heavy (non-hydrogen) atoms. The lowest BCUT2D eigenvalue weighted by Gasteiger charge is -2.11. The Bertz CT molecular complexity index is 1230. The van der Waals surface area contributed by atoms with Crippen LogP contribution >= 0.6 is 0 Å². The van der Waals surface area contributed by atoms with Gasteiger partial charge in [-0.3, -0.25) is 0 Å². The van der Waals surface area contributed by atoms with Crippen LogP contribution in [0.15, 0.2) is 147 Å². The Morgan fingerprint density at radius 2 is 1.10 bits per heavy atom. The number of rotatable bonds is 10. The SMILES string of the molecule is C1=CCC([Si]Oc2ccccc2)=C1.CCO[Si]C1=CC=CC1.CO[Si]C1=CC=CC1.C[Si](C1=CC=CC1)C1=CC=CC1. The van der Waals surface area contributed by atoms with E-state index in [9.17, 15) is 0 Å². The molecule has 5 aliphatic carbocycles. The van der Waals surface area contributed by atoms with E-state index in [4.69, 9.17) is 13.3 Å². The van der Waals surface area contributed by atoms with Gasteiger partial charge in [0.25, 0.3) is 19.5 Å². The highest BCUT2D eigenvalue weighted by Crippen LogP contribution is 2.23. The third kappa shape index (κ3) is 13.5. The molecule has 0 N–H and O–H groups in total. The van der Waals surface area contributed by atoms with E-state index in [1.807, 2.05) is 37.3 Å². The Morgan fingerprint density at radius 3 is 1.52 bits per heavy atom. The van der Waals surface area contributed by atoms with Crippen molar-refractivity contribution in [3.05, 3.63) is 147 Å². The summed E-state index contributed by atoms with van der Waals surface area (Å²) in [5.41, 5.74) is 0. The van der Waals surface area contributed by atoms with Crippen molar-refractivity contribution in [3.8, 4) is 5.75 Å². The van der Waals surface area contributed by atoms with E-state index in [0.717, 1.165) is 31.6 Å². The molecule has 7 heteroatoms. The minimum absolute atomic E-state index is 0.348. The number of benzene rings is 1. The highest BCUT2D eigenvalue weighted by molar-refractivity contribution is 6.73. The average Bonchev–Trinajstić information content (AvgIpc) is 3.87. The predicted octanol–water partition coefficient (Wildman–Crippen LogP) is 8.07. The van der Waals surface area contributed by atoms with Gasteiger partial charge in [-0.25, -0.2) is 0 Å². The van der Waals surface area contributed by atoms with Crippen molar-refractivity contribution in [2.24, 2.45) is 0 Å². The van der Waals surface area contributed by atoms with Crippen LogP contribution in [0.1, 0.15) is 39.0 Å². The first-order valence-corrected chi connectivity index (χ1v) is 19.2. The van der Waals surface area contributed by atoms with E-state index in [-0.39, 0.29) is 8.80 Å². The highest BCUT2D eigenvalue weighted by Gasteiger charge is 2.16. The quantitative estimate of drug-likeness (QED) is 0.247. The molecule has 0 saturated carbocycles. The van der Waals surface area contributed by atoms with Gasteiger partial charge in [0.1, 0.15) is 14.5 Å². The van der Waals surface area contributed by atoms with E-state index in [2.05, 4.69) is 97.7 Å². The summed E-state index contributed by atoms with van der Waals surface area (Å²) in [4.78, 5) is 0. The van der Waals surface area contributed by atoms with Crippen LogP contribution in [0.2, 0.25) is 6.55 Å². The topological polar surface area (TPSA) is 27.7 Å². The summed E-state index contributed by atoms with van der Waals surface area (Å²) < 4.78 is 15.8. The molecule has 0 aromatic heterocycles. The maximum absolute atomic E-state index is 5.61. The maximum atomic E-state index is 5.61. The molecule has 1 aromatic rings. The molecule has 215 valence electrons. The van der Waals surface area contributed by atoms with Crippen LogP contribution in [0.3, 0.4) is 0 Å². The van der Waals surface area contributed by atoms with Crippen molar-refractivity contribution in [1.82, 2.24) is 0 Å². The molecule has 0 saturated heterocycles. The Morgan fingerprint density at radius 1 is 0.619 bits per heavy atom. The molecule has 7 radical (unpaired) electrons. The van der Waals surface area contributed by atoms with Crippen LogP contribution in [-0.4, -0.2) is 51.8 Å². The average molecular weight is 622 g/mol. The lowest BCUT2D eigenvalue weighted by Crippen LogP contribution is -2.13. The number of hydrogen-bond acceptors (Lipinski definition) is 3. The molecular weight excluding hydrogens is 581 g/mol. The second-order valence-electron chi connectivity index (χ2n) is 9.60. The van der Waals surface area contributed by atoms with Crippen LogP contribution in [0.5, 0.6) is 5.75 Å². The molecule has 1 aromatic carbocycles. The van der Waals surface area contributed by atoms with Crippen LogP contribution in [0.4, 0.5) is 0 Å². The van der Waals surface area contributed by atoms with Gasteiger partial charge in [-0.2, -0.15) is 0 Å². The smallest absolute Gasteiger partial charge is 0.347 e. The van der Waals surface area contributed by atoms with E-state index in [1.165, 1.54) is 28.4 Å². The number of para-hydroxylation sites is 1. The van der Waals surface area contributed by atoms with Crippen molar-refractivity contribution in [2.45, 2.75) is 45.6 Å². The van der Waals surface area contributed by atoms with E-state index in [1.54, 1.807) is 17.5 Å². The molecule has 0 aliphatic heterocycles. The molecule has 6 rings (SSSR count). The normalized spacial score (nSPS) is 17.0. The summed E-state index contributed by atoms with van der Waals surface area (Å²) in [5, 5.41) is 7.50. The third-order valence-electron chi connectivity index (χ3n) is 6.44. The lowest BCUT2D eigenvalue weighted by molar-refractivity contribution is 0.364. The molecule has 0 fully saturated rings. The van der Waals surface area contributed by atoms with Crippen molar-refractivity contribution >= 4 is 38.1 Å². The Labute approximate surface area is 263 Å². The summed E-state index contributed by atoms with van der Waals surface area (Å²) in [7, 11) is 3.00. The van der Waals surface area contributed by atoms with Crippen molar-refractivity contribution in [3.63, 3.8) is 0 Å². The number of allylic oxidation sites excluding steroid dienone is 20. The van der Waals surface area contributed by atoms with Gasteiger partial charge in [-0.1, -0.05) is 137 Å². The fraction of sp³-hybridized carbons (Fsp3) is 0.257. The highest BCUT2D eigenvalue weighted by atomic mass is 28.3. The lowest BCUT2D eigenvalue weighted by atomic mass is 10.3. The fourth-order valence-electron chi connectivity index (χ4n) is 4.13. The molecule has 3 nitrogen and oxygen atoms in total. The summed E-state index contributed by atoms with van der Waals surface area (Å²) in [6, 6.07) is 9.93. The van der Waals surface area contributed by atoms with Gasteiger partial charge in [0.15, 0.2) is 0 Å². The zero-order valence-corrected chi connectivity index (χ0v) is 29.0. The van der Waals surface area contributed by atoms with Crippen molar-refractivity contribution in [2.75, 3.05) is 13.7 Å². The Hall–Kier alpha value is -2.79. The van der Waals surface area contributed by atoms with Gasteiger partial charge in [-0.15, -0.1) is 0 Å². The first-order valence-electron chi connectivity index (χ1n) is 14.5. The molecule has 0 amide bonds. The maximum Gasteiger partial charge on any atom is 0.347 e. The second-order valence-corrected chi connectivity index (χ2v) is 15.6. The van der Waals surface area contributed by atoms with Crippen LogP contribution in [0.25, 0.3) is 0 Å². The van der Waals surface area contributed by atoms with E-state index < -0.39 is 0 Å². The monoisotopic (exact) mass is 621 g/mol. The first-order chi connectivity index (χ1) is 20.7. The van der Waals surface area contributed by atoms with Gasteiger partial charge in [0, 0.05) is 13.7 Å². The molecule has 0 atom stereocenters. The van der Waals surface area contributed by atoms with Gasteiger partial charge < -0.3 is 13.3 Å². The second kappa shape index (κ2) is 21.0. The minimum atomic E-state index is -0.348. The van der Waals surface area contributed by atoms with Gasteiger partial charge >= 0.3 is 9.76 Å². The molecule has 0 heterocycles. The zero-order chi connectivity index (χ0) is 29.7. The summed E-state index contributed by atoms with van der Waals surface area (Å²) in [6.07, 6.45) is 38.2. The predicted molar refractivity (Wildman–Crippen MR) is 184 cm³/mol. The summed E-state index contributed by atoms with van der Waals surface area (Å²) in [6.45, 7) is 5.26. The standard InChI is InChI=1S/C11H10OSi.C11H13Si.C7H10OSi.C6H8OSi/c1-2-6-10(7-3-1)12-13-11-8-4-5-9-11;1-12(10-6-2-3-7-10)11-8-4-5-9-11;1-2-8-9-7-5-3-4-6-7;1-7-8-6-4-2-3-5-6/h1-8H,9H2;2-6,8H,7,9H2,1H3;3-5H,2,6H2,1H3;2-4H,5H2,1H3. The fourth-order valence-corrected chi connectivity index (χ4v) is 8.16. The largest absolute Gasteiger partial charge is 0.536 e. The van der Waals surface area contributed by atoms with Crippen molar-refractivity contribution < 1.29 is 13.3 Å². The molecule has 0 bridgehead atoms. The zero-order valence-electron chi connectivity index (χ0n) is 25.0. The molecule has 5 aliphatic rings. The van der Waals surface area contributed by atoms with Crippen LogP contribution in [-0.2, 0) is 8.85 Å². The molecule has 0 spiro atoms. The molecule has 0 unspecified atom stereocenters. The first kappa shape index (κ1) is 33.7. The number of hydrogen-bond donors (Lipinski definition) is 0. The van der Waals surface area contributed by atoms with Gasteiger partial charge in [0.05, 0.1) is 0 Å². The van der Waals surface area contributed by atoms with Gasteiger partial charge in [-0.05, 0) is 56.4 Å². The van der Waals surface area contributed by atoms with Crippen LogP contribution in [0, 0.1) is 0 Å². The van der Waals surface area contributed by atoms with E-state index in [0.29, 0.717) is 29.3 Å². The third-order valence-corrected chi connectivity index (χ3v) is 12.0. The van der Waals surface area contributed by atoms with Crippen molar-refractivity contribution in [1.29, 1.82) is 0 Å². The van der Waals surface area contributed by atoms with Gasteiger partial charge in [0.2, 0.25) is 0 Å². The van der Waals surface area contributed by atoms with E-state index >= 15 is 0 Å². The molecular formula is C35H41O3Si4. The summed E-state index contributed by atoms with van der Waals surface area (Å²) >= 11 is 0. The minimum Gasteiger partial charge on any atom is -0.536 e. The Balaban J connectivity index is 0.000000157. The van der Waals surface area contributed by atoms with Crippen LogP contribution < -0.4 is 4.43 Å². The Kier molecular flexibility index (Phi) is 16.8.